The zero-order valence-corrected chi connectivity index (χ0v) is 13.5. The van der Waals surface area contributed by atoms with E-state index in [2.05, 4.69) is 9.97 Å². The first-order valence-electron chi connectivity index (χ1n) is 7.83. The van der Waals surface area contributed by atoms with E-state index in [-0.39, 0.29) is 11.6 Å². The minimum Gasteiger partial charge on any atom is -0.287 e. The number of aryl methyl sites for hydroxylation is 1. The number of ketones is 1. The van der Waals surface area contributed by atoms with Crippen molar-refractivity contribution in [3.05, 3.63) is 89.6 Å². The third kappa shape index (κ3) is 2.70. The summed E-state index contributed by atoms with van der Waals surface area (Å²) in [6.07, 6.45) is 3.27. The molecule has 4 rings (SSSR count). The van der Waals surface area contributed by atoms with Crippen LogP contribution in [-0.4, -0.2) is 20.3 Å². The lowest BCUT2D eigenvalue weighted by molar-refractivity contribution is 0.103. The average Bonchev–Trinajstić information content (AvgIpc) is 3.01. The fourth-order valence-electron chi connectivity index (χ4n) is 2.87. The quantitative estimate of drug-likeness (QED) is 0.531. The molecule has 0 saturated carbocycles. The molecule has 0 fully saturated rings. The maximum absolute atomic E-state index is 13.2. The minimum atomic E-state index is -0.376. The second kappa shape index (κ2) is 5.94. The van der Waals surface area contributed by atoms with Crippen LogP contribution in [0.3, 0.4) is 0 Å². The van der Waals surface area contributed by atoms with Gasteiger partial charge in [-0.2, -0.15) is 0 Å². The molecule has 0 atom stereocenters. The highest BCUT2D eigenvalue weighted by atomic mass is 19.1. The number of aromatic nitrogens is 3. The molecule has 2 heterocycles. The van der Waals surface area contributed by atoms with E-state index < -0.39 is 0 Å². The van der Waals surface area contributed by atoms with Gasteiger partial charge in [0.2, 0.25) is 11.7 Å². The lowest BCUT2D eigenvalue weighted by atomic mass is 10.1. The summed E-state index contributed by atoms with van der Waals surface area (Å²) in [6, 6.07) is 15.0. The molecular formula is C20H14FN3O. The van der Waals surface area contributed by atoms with Crippen LogP contribution in [0, 0.1) is 12.7 Å². The number of carbonyl (C=O) groups is 1. The van der Waals surface area contributed by atoms with Crippen LogP contribution < -0.4 is 0 Å². The highest BCUT2D eigenvalue weighted by molar-refractivity contribution is 6.11. The Kier molecular flexibility index (Phi) is 3.61. The number of carbonyl (C=O) groups excluding carboxylic acids is 1. The molecule has 0 aliphatic rings. The Balaban J connectivity index is 1.96. The van der Waals surface area contributed by atoms with Crippen LogP contribution in [0.4, 0.5) is 4.39 Å². The fraction of sp³-hybridized carbons (Fsp3) is 0.0500. The standard InChI is InChI=1S/C20H14FN3O/c1-13-3-8-17-15(11-13)12-18(24(17)20-22-9-2-10-23-20)19(25)14-4-6-16(21)7-5-14/h2-12H,1H3. The molecule has 25 heavy (non-hydrogen) atoms. The number of hydrogen-bond acceptors (Lipinski definition) is 3. The van der Waals surface area contributed by atoms with Crippen molar-refractivity contribution in [2.24, 2.45) is 0 Å². The van der Waals surface area contributed by atoms with Crippen molar-refractivity contribution >= 4 is 16.7 Å². The van der Waals surface area contributed by atoms with Gasteiger partial charge in [0.1, 0.15) is 5.82 Å². The molecule has 0 amide bonds. The van der Waals surface area contributed by atoms with Gasteiger partial charge in [0.05, 0.1) is 11.2 Å². The van der Waals surface area contributed by atoms with E-state index >= 15 is 0 Å². The maximum atomic E-state index is 13.2. The molecule has 0 aliphatic carbocycles. The average molecular weight is 331 g/mol. The molecule has 5 heteroatoms. The number of hydrogen-bond donors (Lipinski definition) is 0. The number of halogens is 1. The third-order valence-electron chi connectivity index (χ3n) is 4.05. The monoisotopic (exact) mass is 331 g/mol. The van der Waals surface area contributed by atoms with Crippen LogP contribution in [0.25, 0.3) is 16.9 Å². The van der Waals surface area contributed by atoms with E-state index in [1.807, 2.05) is 31.2 Å². The molecule has 4 aromatic rings. The van der Waals surface area contributed by atoms with Crippen molar-refractivity contribution in [1.29, 1.82) is 0 Å². The molecule has 0 bridgehead atoms. The van der Waals surface area contributed by atoms with Gasteiger partial charge in [-0.1, -0.05) is 11.6 Å². The Bertz CT molecular complexity index is 1070. The predicted molar refractivity (Wildman–Crippen MR) is 93.4 cm³/mol. The first kappa shape index (κ1) is 15.2. The van der Waals surface area contributed by atoms with Crippen LogP contribution in [0.5, 0.6) is 0 Å². The summed E-state index contributed by atoms with van der Waals surface area (Å²) < 4.78 is 14.9. The predicted octanol–water partition coefficient (Wildman–Crippen LogP) is 4.10. The van der Waals surface area contributed by atoms with Crippen molar-refractivity contribution in [2.45, 2.75) is 6.92 Å². The zero-order valence-electron chi connectivity index (χ0n) is 13.5. The van der Waals surface area contributed by atoms with Crippen LogP contribution in [-0.2, 0) is 0 Å². The number of benzene rings is 2. The summed E-state index contributed by atoms with van der Waals surface area (Å²) >= 11 is 0. The number of fused-ring (bicyclic) bond motifs is 1. The van der Waals surface area contributed by atoms with Crippen LogP contribution in [0.2, 0.25) is 0 Å². The second-order valence-electron chi connectivity index (χ2n) is 5.81. The largest absolute Gasteiger partial charge is 0.287 e. The van der Waals surface area contributed by atoms with Gasteiger partial charge in [-0.15, -0.1) is 0 Å². The first-order chi connectivity index (χ1) is 12.1. The summed E-state index contributed by atoms with van der Waals surface area (Å²) in [5, 5.41) is 0.929. The number of rotatable bonds is 3. The van der Waals surface area contributed by atoms with Gasteiger partial charge in [-0.05, 0) is 55.5 Å². The van der Waals surface area contributed by atoms with Gasteiger partial charge in [0, 0.05) is 23.3 Å². The van der Waals surface area contributed by atoms with Crippen LogP contribution in [0.1, 0.15) is 21.6 Å². The smallest absolute Gasteiger partial charge is 0.234 e. The Morgan fingerprint density at radius 1 is 1.00 bits per heavy atom. The summed E-state index contributed by atoms with van der Waals surface area (Å²) in [7, 11) is 0. The van der Waals surface area contributed by atoms with Crippen molar-refractivity contribution < 1.29 is 9.18 Å². The van der Waals surface area contributed by atoms with Crippen LogP contribution in [0.15, 0.2) is 67.0 Å². The molecule has 0 spiro atoms. The number of nitrogens with zero attached hydrogens (tertiary/aromatic N) is 3. The highest BCUT2D eigenvalue weighted by Crippen LogP contribution is 2.25. The lowest BCUT2D eigenvalue weighted by Gasteiger charge is -2.08. The van der Waals surface area contributed by atoms with Gasteiger partial charge < -0.3 is 0 Å². The molecular weight excluding hydrogens is 317 g/mol. The molecule has 4 nitrogen and oxygen atoms in total. The van der Waals surface area contributed by atoms with Gasteiger partial charge in [-0.3, -0.25) is 9.36 Å². The molecule has 0 unspecified atom stereocenters. The van der Waals surface area contributed by atoms with Crippen molar-refractivity contribution in [1.82, 2.24) is 14.5 Å². The first-order valence-corrected chi connectivity index (χ1v) is 7.83. The van der Waals surface area contributed by atoms with Crippen LogP contribution >= 0.6 is 0 Å². The second-order valence-corrected chi connectivity index (χ2v) is 5.81. The SMILES string of the molecule is Cc1ccc2c(c1)cc(C(=O)c1ccc(F)cc1)n2-c1ncccn1. The maximum Gasteiger partial charge on any atom is 0.234 e. The lowest BCUT2D eigenvalue weighted by Crippen LogP contribution is -2.11. The van der Waals surface area contributed by atoms with E-state index in [1.54, 1.807) is 23.0 Å². The molecule has 122 valence electrons. The Hall–Kier alpha value is -3.34. The fourth-order valence-corrected chi connectivity index (χ4v) is 2.87. The van der Waals surface area contributed by atoms with E-state index in [0.29, 0.717) is 17.2 Å². The van der Waals surface area contributed by atoms with Crippen molar-refractivity contribution in [3.63, 3.8) is 0 Å². The van der Waals surface area contributed by atoms with Gasteiger partial charge in [0.15, 0.2) is 0 Å². The highest BCUT2D eigenvalue weighted by Gasteiger charge is 2.19. The van der Waals surface area contributed by atoms with E-state index in [1.165, 1.54) is 24.3 Å². The molecule has 0 radical (unpaired) electrons. The van der Waals surface area contributed by atoms with Crippen molar-refractivity contribution in [3.8, 4) is 5.95 Å². The normalized spacial score (nSPS) is 11.0. The van der Waals surface area contributed by atoms with Gasteiger partial charge in [-0.25, -0.2) is 14.4 Å². The summed E-state index contributed by atoms with van der Waals surface area (Å²) in [4.78, 5) is 21.6. The molecule has 0 saturated heterocycles. The minimum absolute atomic E-state index is 0.207. The summed E-state index contributed by atoms with van der Waals surface area (Å²) in [5.41, 5.74) is 2.80. The molecule has 2 aromatic heterocycles. The third-order valence-corrected chi connectivity index (χ3v) is 4.05. The topological polar surface area (TPSA) is 47.8 Å². The molecule has 0 N–H and O–H groups in total. The summed E-state index contributed by atoms with van der Waals surface area (Å²) in [5.74, 6) is -0.160. The van der Waals surface area contributed by atoms with E-state index in [4.69, 9.17) is 0 Å². The Labute approximate surface area is 143 Å². The molecule has 2 aromatic carbocycles. The summed E-state index contributed by atoms with van der Waals surface area (Å²) in [6.45, 7) is 2.00. The Morgan fingerprint density at radius 2 is 1.72 bits per heavy atom. The molecule has 0 aliphatic heterocycles. The van der Waals surface area contributed by atoms with E-state index in [9.17, 15) is 9.18 Å². The zero-order chi connectivity index (χ0) is 17.4. The van der Waals surface area contributed by atoms with E-state index in [0.717, 1.165) is 16.5 Å². The van der Waals surface area contributed by atoms with Gasteiger partial charge >= 0.3 is 0 Å². The van der Waals surface area contributed by atoms with Gasteiger partial charge in [0.25, 0.3) is 0 Å². The Morgan fingerprint density at radius 3 is 2.44 bits per heavy atom. The van der Waals surface area contributed by atoms with Crippen molar-refractivity contribution in [2.75, 3.05) is 0 Å².